The van der Waals surface area contributed by atoms with Crippen LogP contribution in [0, 0.1) is 50.2 Å². The Bertz CT molecular complexity index is 919. The van der Waals surface area contributed by atoms with Gasteiger partial charge in [0.05, 0.1) is 17.6 Å². The lowest BCUT2D eigenvalue weighted by molar-refractivity contribution is -0.231. The van der Waals surface area contributed by atoms with Gasteiger partial charge < -0.3 is 15.3 Å². The van der Waals surface area contributed by atoms with Gasteiger partial charge >= 0.3 is 5.97 Å². The second-order valence-corrected chi connectivity index (χ2v) is 15.2. The van der Waals surface area contributed by atoms with Crippen LogP contribution in [0.15, 0.2) is 11.6 Å². The standard InChI is InChI=1S/C30H48O4/c1-25(2)12-14-30(24(33)34)15-13-28(6)18(19(30)16-25)8-9-22-27(5)17-20(31)23(32)26(3,4)21(27)10-11-29(22,28)7/h8,19-23,31-32H,9-17H2,1-7H3,(H,33,34)/t19-,20-,21?,22-,23+,27+,28-,29-,30+/m1/s1. The van der Waals surface area contributed by atoms with E-state index in [-0.39, 0.29) is 33.0 Å². The lowest BCUT2D eigenvalue weighted by atomic mass is 9.33. The third-order valence-electron chi connectivity index (χ3n) is 13.0. The summed E-state index contributed by atoms with van der Waals surface area (Å²) < 4.78 is 0. The van der Waals surface area contributed by atoms with Crippen molar-refractivity contribution in [1.82, 2.24) is 0 Å². The van der Waals surface area contributed by atoms with Gasteiger partial charge in [-0.15, -0.1) is 0 Å². The third kappa shape index (κ3) is 2.88. The molecule has 9 atom stereocenters. The van der Waals surface area contributed by atoms with E-state index in [4.69, 9.17) is 0 Å². The van der Waals surface area contributed by atoms with Crippen molar-refractivity contribution < 1.29 is 20.1 Å². The maximum Gasteiger partial charge on any atom is 0.310 e. The van der Waals surface area contributed by atoms with Crippen molar-refractivity contribution in [1.29, 1.82) is 0 Å². The maximum atomic E-state index is 12.8. The second-order valence-electron chi connectivity index (χ2n) is 15.2. The van der Waals surface area contributed by atoms with E-state index < -0.39 is 23.6 Å². The molecule has 3 N–H and O–H groups in total. The highest BCUT2D eigenvalue weighted by Gasteiger charge is 2.70. The average molecular weight is 473 g/mol. The van der Waals surface area contributed by atoms with E-state index in [1.165, 1.54) is 5.57 Å². The second kappa shape index (κ2) is 7.12. The molecule has 5 rings (SSSR count). The van der Waals surface area contributed by atoms with E-state index in [2.05, 4.69) is 54.5 Å². The molecule has 0 aromatic heterocycles. The van der Waals surface area contributed by atoms with Crippen molar-refractivity contribution in [2.75, 3.05) is 0 Å². The van der Waals surface area contributed by atoms with E-state index >= 15 is 0 Å². The van der Waals surface area contributed by atoms with Crippen molar-refractivity contribution in [3.63, 3.8) is 0 Å². The smallest absolute Gasteiger partial charge is 0.310 e. The van der Waals surface area contributed by atoms with Crippen molar-refractivity contribution >= 4 is 5.97 Å². The van der Waals surface area contributed by atoms with Crippen LogP contribution in [-0.4, -0.2) is 33.5 Å². The van der Waals surface area contributed by atoms with Crippen LogP contribution in [0.1, 0.15) is 106 Å². The van der Waals surface area contributed by atoms with Crippen LogP contribution in [0.25, 0.3) is 0 Å². The number of carbonyl (C=O) groups is 1. The number of aliphatic hydroxyl groups is 2. The summed E-state index contributed by atoms with van der Waals surface area (Å²) in [7, 11) is 0. The van der Waals surface area contributed by atoms with Crippen LogP contribution >= 0.6 is 0 Å². The highest BCUT2D eigenvalue weighted by atomic mass is 16.4. The molecule has 4 fully saturated rings. The largest absolute Gasteiger partial charge is 0.481 e. The summed E-state index contributed by atoms with van der Waals surface area (Å²) in [5.41, 5.74) is 0.754. The molecular weight excluding hydrogens is 424 g/mol. The summed E-state index contributed by atoms with van der Waals surface area (Å²) >= 11 is 0. The number of allylic oxidation sites excluding steroid dienone is 2. The SMILES string of the molecule is CC1(C)CC[C@]2(C(=O)O)CC[C@]3(C)C(=CC[C@@H]4[C@@]5(C)C[C@@H](O)[C@H](O)C(C)(C)C5CC[C@]43C)[C@H]2C1. The van der Waals surface area contributed by atoms with E-state index in [0.29, 0.717) is 18.3 Å². The number of hydrogen-bond donors (Lipinski definition) is 3. The first-order valence-electron chi connectivity index (χ1n) is 13.9. The number of hydrogen-bond acceptors (Lipinski definition) is 3. The van der Waals surface area contributed by atoms with E-state index in [1.807, 2.05) is 0 Å². The van der Waals surface area contributed by atoms with Gasteiger partial charge in [0.2, 0.25) is 0 Å². The normalized spacial score (nSPS) is 53.4. The molecule has 0 bridgehead atoms. The molecule has 0 aliphatic heterocycles. The Hall–Kier alpha value is -0.870. The van der Waals surface area contributed by atoms with Gasteiger partial charge in [-0.2, -0.15) is 0 Å². The zero-order valence-electron chi connectivity index (χ0n) is 22.6. The Morgan fingerprint density at radius 3 is 2.18 bits per heavy atom. The minimum atomic E-state index is -0.679. The molecule has 192 valence electrons. The monoisotopic (exact) mass is 472 g/mol. The lowest BCUT2D eigenvalue weighted by Crippen LogP contribution is -2.67. The first-order chi connectivity index (χ1) is 15.6. The van der Waals surface area contributed by atoms with Crippen LogP contribution in [0.5, 0.6) is 0 Å². The fourth-order valence-corrected chi connectivity index (χ4v) is 10.8. The Morgan fingerprint density at radius 1 is 0.882 bits per heavy atom. The van der Waals surface area contributed by atoms with Gasteiger partial charge in [-0.25, -0.2) is 0 Å². The molecule has 5 aliphatic rings. The zero-order valence-corrected chi connectivity index (χ0v) is 22.6. The van der Waals surface area contributed by atoms with E-state index in [9.17, 15) is 20.1 Å². The summed E-state index contributed by atoms with van der Waals surface area (Å²) in [6.07, 6.45) is 9.45. The highest BCUT2D eigenvalue weighted by Crippen LogP contribution is 2.75. The van der Waals surface area contributed by atoms with Crippen molar-refractivity contribution in [2.24, 2.45) is 50.2 Å². The minimum absolute atomic E-state index is 0.00785. The zero-order chi connectivity index (χ0) is 25.1. The predicted octanol–water partition coefficient (Wildman–Crippen LogP) is 6.20. The van der Waals surface area contributed by atoms with Crippen LogP contribution in [0.2, 0.25) is 0 Å². The number of rotatable bonds is 1. The quantitative estimate of drug-likeness (QED) is 0.397. The third-order valence-corrected chi connectivity index (χ3v) is 13.0. The van der Waals surface area contributed by atoms with E-state index in [0.717, 1.165) is 51.4 Å². The van der Waals surface area contributed by atoms with Crippen molar-refractivity contribution in [3.05, 3.63) is 11.6 Å². The average Bonchev–Trinajstić information content (AvgIpc) is 2.72. The highest BCUT2D eigenvalue weighted by molar-refractivity contribution is 5.76. The molecule has 0 spiro atoms. The molecule has 0 aromatic rings. The molecule has 0 heterocycles. The number of carboxylic acid groups (broad SMARTS) is 1. The lowest BCUT2D eigenvalue weighted by Gasteiger charge is -2.71. The Balaban J connectivity index is 1.61. The van der Waals surface area contributed by atoms with Crippen LogP contribution in [0.4, 0.5) is 0 Å². The molecule has 4 heteroatoms. The molecule has 0 radical (unpaired) electrons. The van der Waals surface area contributed by atoms with Crippen LogP contribution in [-0.2, 0) is 4.79 Å². The Kier molecular flexibility index (Phi) is 5.20. The molecule has 1 unspecified atom stereocenters. The fourth-order valence-electron chi connectivity index (χ4n) is 10.8. The molecule has 4 saturated carbocycles. The number of aliphatic carboxylic acids is 1. The van der Waals surface area contributed by atoms with Crippen LogP contribution < -0.4 is 0 Å². The van der Waals surface area contributed by atoms with Gasteiger partial charge in [-0.3, -0.25) is 4.79 Å². The summed E-state index contributed by atoms with van der Waals surface area (Å²) in [6, 6.07) is 0. The number of carboxylic acids is 1. The minimum Gasteiger partial charge on any atom is -0.481 e. The molecule has 0 amide bonds. The number of aliphatic hydroxyl groups excluding tert-OH is 2. The van der Waals surface area contributed by atoms with Gasteiger partial charge in [-0.05, 0) is 103 Å². The summed E-state index contributed by atoms with van der Waals surface area (Å²) in [6.45, 7) is 16.3. The predicted molar refractivity (Wildman–Crippen MR) is 134 cm³/mol. The topological polar surface area (TPSA) is 77.8 Å². The molecule has 5 aliphatic carbocycles. The van der Waals surface area contributed by atoms with Crippen molar-refractivity contribution in [2.45, 2.75) is 118 Å². The summed E-state index contributed by atoms with van der Waals surface area (Å²) in [5, 5.41) is 32.4. The molecular formula is C30H48O4. The molecule has 0 saturated heterocycles. The summed E-state index contributed by atoms with van der Waals surface area (Å²) in [4.78, 5) is 12.8. The van der Waals surface area contributed by atoms with Gasteiger partial charge in [0, 0.05) is 0 Å². The van der Waals surface area contributed by atoms with Gasteiger partial charge in [0.15, 0.2) is 0 Å². The maximum absolute atomic E-state index is 12.8. The first-order valence-corrected chi connectivity index (χ1v) is 13.9. The first kappa shape index (κ1) is 24.8. The summed E-state index contributed by atoms with van der Waals surface area (Å²) in [5.74, 6) is 0.365. The Morgan fingerprint density at radius 2 is 1.53 bits per heavy atom. The molecule has 0 aromatic carbocycles. The van der Waals surface area contributed by atoms with Gasteiger partial charge in [0.25, 0.3) is 0 Å². The van der Waals surface area contributed by atoms with Gasteiger partial charge in [0.1, 0.15) is 0 Å². The van der Waals surface area contributed by atoms with Gasteiger partial charge in [-0.1, -0.05) is 60.1 Å². The molecule has 34 heavy (non-hydrogen) atoms. The van der Waals surface area contributed by atoms with E-state index in [1.54, 1.807) is 0 Å². The molecule has 4 nitrogen and oxygen atoms in total. The Labute approximate surface area is 206 Å². The number of fused-ring (bicyclic) bond motifs is 7. The van der Waals surface area contributed by atoms with Crippen LogP contribution in [0.3, 0.4) is 0 Å². The van der Waals surface area contributed by atoms with Crippen molar-refractivity contribution in [3.8, 4) is 0 Å². The fraction of sp³-hybridized carbons (Fsp3) is 0.900.